The minimum atomic E-state index is 0.282. The minimum absolute atomic E-state index is 0.282. The Kier molecular flexibility index (Phi) is 3.88. The maximum Gasteiger partial charge on any atom is 0.0622 e. The van der Waals surface area contributed by atoms with Gasteiger partial charge >= 0.3 is 0 Å². The molecular formula is C13H26N2O. The summed E-state index contributed by atoms with van der Waals surface area (Å²) >= 11 is 0. The van der Waals surface area contributed by atoms with Crippen molar-refractivity contribution in [3.05, 3.63) is 0 Å². The van der Waals surface area contributed by atoms with Crippen LogP contribution in [0.3, 0.4) is 0 Å². The van der Waals surface area contributed by atoms with Crippen LogP contribution in [0.4, 0.5) is 0 Å². The van der Waals surface area contributed by atoms with Crippen molar-refractivity contribution in [2.24, 2.45) is 11.7 Å². The van der Waals surface area contributed by atoms with Gasteiger partial charge in [-0.3, -0.25) is 4.90 Å². The number of hydrogen-bond donors (Lipinski definition) is 1. The maximum atomic E-state index is 6.10. The monoisotopic (exact) mass is 226 g/mol. The summed E-state index contributed by atoms with van der Waals surface area (Å²) in [5.41, 5.74) is 6.38. The molecule has 2 N–H and O–H groups in total. The quantitative estimate of drug-likeness (QED) is 0.794. The lowest BCUT2D eigenvalue weighted by Crippen LogP contribution is -2.60. The number of rotatable bonds is 3. The van der Waals surface area contributed by atoms with Gasteiger partial charge < -0.3 is 10.5 Å². The summed E-state index contributed by atoms with van der Waals surface area (Å²) in [6.45, 7) is 8.28. The second-order valence-corrected chi connectivity index (χ2v) is 5.61. The van der Waals surface area contributed by atoms with Gasteiger partial charge in [-0.1, -0.05) is 13.8 Å². The Balaban J connectivity index is 2.12. The van der Waals surface area contributed by atoms with E-state index in [2.05, 4.69) is 18.7 Å². The van der Waals surface area contributed by atoms with Gasteiger partial charge in [0.2, 0.25) is 0 Å². The van der Waals surface area contributed by atoms with E-state index in [1.54, 1.807) is 0 Å². The van der Waals surface area contributed by atoms with Crippen LogP contribution in [0.25, 0.3) is 0 Å². The lowest BCUT2D eigenvalue weighted by molar-refractivity contribution is -0.0630. The standard InChI is InChI=1S/C13H26N2O/c1-3-12-9-16-7-6-15(12)13(10-14)5-4-11(2)8-13/h11-12H,3-10,14H2,1-2H3. The molecule has 0 aromatic carbocycles. The second kappa shape index (κ2) is 5.03. The van der Waals surface area contributed by atoms with Crippen LogP contribution in [0.5, 0.6) is 0 Å². The molecule has 3 nitrogen and oxygen atoms in total. The molecule has 0 aromatic heterocycles. The molecule has 1 aliphatic carbocycles. The normalized spacial score (nSPS) is 41.4. The first-order chi connectivity index (χ1) is 7.72. The molecule has 1 saturated heterocycles. The highest BCUT2D eigenvalue weighted by Gasteiger charge is 2.44. The van der Waals surface area contributed by atoms with Crippen molar-refractivity contribution in [3.63, 3.8) is 0 Å². The van der Waals surface area contributed by atoms with Gasteiger partial charge in [-0.2, -0.15) is 0 Å². The van der Waals surface area contributed by atoms with E-state index in [-0.39, 0.29) is 5.54 Å². The Bertz CT molecular complexity index is 234. The summed E-state index contributed by atoms with van der Waals surface area (Å²) in [5.74, 6) is 0.837. The molecule has 94 valence electrons. The van der Waals surface area contributed by atoms with Gasteiger partial charge in [-0.05, 0) is 31.6 Å². The number of ether oxygens (including phenoxy) is 1. The summed E-state index contributed by atoms with van der Waals surface area (Å²) < 4.78 is 5.60. The Hall–Kier alpha value is -0.120. The molecule has 3 unspecified atom stereocenters. The first kappa shape index (κ1) is 12.3. The van der Waals surface area contributed by atoms with E-state index in [1.165, 1.54) is 25.7 Å². The molecule has 0 spiro atoms. The van der Waals surface area contributed by atoms with E-state index in [1.807, 2.05) is 0 Å². The van der Waals surface area contributed by atoms with Crippen molar-refractivity contribution in [2.75, 3.05) is 26.3 Å². The topological polar surface area (TPSA) is 38.5 Å². The first-order valence-corrected chi connectivity index (χ1v) is 6.76. The van der Waals surface area contributed by atoms with E-state index in [0.717, 1.165) is 32.2 Å². The second-order valence-electron chi connectivity index (χ2n) is 5.61. The third-order valence-corrected chi connectivity index (χ3v) is 4.52. The average Bonchev–Trinajstić information content (AvgIpc) is 2.72. The largest absolute Gasteiger partial charge is 0.378 e. The lowest BCUT2D eigenvalue weighted by Gasteiger charge is -2.47. The van der Waals surface area contributed by atoms with E-state index in [4.69, 9.17) is 10.5 Å². The molecule has 1 saturated carbocycles. The molecule has 1 heterocycles. The number of nitrogens with zero attached hydrogens (tertiary/aromatic N) is 1. The van der Waals surface area contributed by atoms with Gasteiger partial charge in [0.1, 0.15) is 0 Å². The molecule has 3 atom stereocenters. The molecule has 0 radical (unpaired) electrons. The Labute approximate surface area is 99.3 Å². The van der Waals surface area contributed by atoms with Crippen LogP contribution in [0, 0.1) is 5.92 Å². The molecule has 3 heteroatoms. The first-order valence-electron chi connectivity index (χ1n) is 6.76. The number of nitrogens with two attached hydrogens (primary N) is 1. The molecule has 0 bridgehead atoms. The highest BCUT2D eigenvalue weighted by Crippen LogP contribution is 2.40. The van der Waals surface area contributed by atoms with Crippen LogP contribution in [-0.4, -0.2) is 42.8 Å². The highest BCUT2D eigenvalue weighted by molar-refractivity contribution is 5.00. The van der Waals surface area contributed by atoms with Crippen molar-refractivity contribution >= 4 is 0 Å². The SMILES string of the molecule is CCC1COCCN1C1(CN)CCC(C)C1. The Morgan fingerprint density at radius 3 is 2.88 bits per heavy atom. The molecule has 0 aromatic rings. The molecule has 0 amide bonds. The third kappa shape index (κ3) is 2.13. The van der Waals surface area contributed by atoms with Crippen molar-refractivity contribution in [3.8, 4) is 0 Å². The summed E-state index contributed by atoms with van der Waals surface area (Å²) in [5, 5.41) is 0. The Morgan fingerprint density at radius 1 is 1.50 bits per heavy atom. The zero-order chi connectivity index (χ0) is 11.6. The molecular weight excluding hydrogens is 200 g/mol. The predicted octanol–water partition coefficient (Wildman–Crippen LogP) is 1.61. The fraction of sp³-hybridized carbons (Fsp3) is 1.00. The van der Waals surface area contributed by atoms with Gasteiger partial charge in [-0.25, -0.2) is 0 Å². The van der Waals surface area contributed by atoms with Crippen LogP contribution in [0.2, 0.25) is 0 Å². The van der Waals surface area contributed by atoms with E-state index < -0.39 is 0 Å². The Morgan fingerprint density at radius 2 is 2.31 bits per heavy atom. The molecule has 2 fully saturated rings. The van der Waals surface area contributed by atoms with Crippen LogP contribution in [0.15, 0.2) is 0 Å². The number of hydrogen-bond acceptors (Lipinski definition) is 3. The summed E-state index contributed by atoms with van der Waals surface area (Å²) in [4.78, 5) is 2.67. The van der Waals surface area contributed by atoms with Gasteiger partial charge in [0, 0.05) is 24.7 Å². The van der Waals surface area contributed by atoms with Crippen molar-refractivity contribution in [1.29, 1.82) is 0 Å². The maximum absolute atomic E-state index is 6.10. The van der Waals surface area contributed by atoms with Crippen molar-refractivity contribution < 1.29 is 4.74 Å². The third-order valence-electron chi connectivity index (χ3n) is 4.52. The van der Waals surface area contributed by atoms with E-state index >= 15 is 0 Å². The molecule has 2 aliphatic rings. The van der Waals surface area contributed by atoms with Crippen molar-refractivity contribution in [2.45, 2.75) is 51.1 Å². The predicted molar refractivity (Wildman–Crippen MR) is 66.4 cm³/mol. The fourth-order valence-electron chi connectivity index (χ4n) is 3.55. The van der Waals surface area contributed by atoms with Gasteiger partial charge in [-0.15, -0.1) is 0 Å². The van der Waals surface area contributed by atoms with E-state index in [0.29, 0.717) is 6.04 Å². The van der Waals surface area contributed by atoms with Crippen LogP contribution in [0.1, 0.15) is 39.5 Å². The van der Waals surface area contributed by atoms with Gasteiger partial charge in [0.05, 0.1) is 13.2 Å². The zero-order valence-corrected chi connectivity index (χ0v) is 10.7. The summed E-state index contributed by atoms with van der Waals surface area (Å²) in [7, 11) is 0. The van der Waals surface area contributed by atoms with Gasteiger partial charge in [0.15, 0.2) is 0 Å². The smallest absolute Gasteiger partial charge is 0.0622 e. The molecule has 1 aliphatic heterocycles. The van der Waals surface area contributed by atoms with Crippen molar-refractivity contribution in [1.82, 2.24) is 4.90 Å². The summed E-state index contributed by atoms with van der Waals surface area (Å²) in [6.07, 6.45) is 5.07. The highest BCUT2D eigenvalue weighted by atomic mass is 16.5. The van der Waals surface area contributed by atoms with Crippen LogP contribution < -0.4 is 5.73 Å². The minimum Gasteiger partial charge on any atom is -0.378 e. The fourth-order valence-corrected chi connectivity index (χ4v) is 3.55. The molecule has 16 heavy (non-hydrogen) atoms. The molecule has 2 rings (SSSR count). The summed E-state index contributed by atoms with van der Waals surface area (Å²) in [6, 6.07) is 0.586. The van der Waals surface area contributed by atoms with Crippen LogP contribution >= 0.6 is 0 Å². The lowest BCUT2D eigenvalue weighted by atomic mass is 9.91. The zero-order valence-electron chi connectivity index (χ0n) is 10.7. The van der Waals surface area contributed by atoms with E-state index in [9.17, 15) is 0 Å². The average molecular weight is 226 g/mol. The van der Waals surface area contributed by atoms with Gasteiger partial charge in [0.25, 0.3) is 0 Å². The van der Waals surface area contributed by atoms with Crippen LogP contribution in [-0.2, 0) is 4.74 Å². The number of morpholine rings is 1.